The molecule has 0 amide bonds. The smallest absolute Gasteiger partial charge is 0.351 e. The number of ketones is 1. The Morgan fingerprint density at radius 2 is 1.78 bits per heavy atom. The van der Waals surface area contributed by atoms with Gasteiger partial charge in [0.2, 0.25) is 5.95 Å². The van der Waals surface area contributed by atoms with Gasteiger partial charge in [0, 0.05) is 38.3 Å². The van der Waals surface area contributed by atoms with Crippen molar-refractivity contribution >= 4 is 17.5 Å². The third-order valence-corrected chi connectivity index (χ3v) is 6.49. The van der Waals surface area contributed by atoms with Crippen molar-refractivity contribution in [2.75, 3.05) is 29.4 Å². The lowest BCUT2D eigenvalue weighted by molar-refractivity contribution is -0.141. The van der Waals surface area contributed by atoms with E-state index < -0.39 is 23.2 Å². The third-order valence-electron chi connectivity index (χ3n) is 6.49. The summed E-state index contributed by atoms with van der Waals surface area (Å²) in [6.45, 7) is 8.20. The Hall–Kier alpha value is -3.63. The lowest BCUT2D eigenvalue weighted by Gasteiger charge is -2.41. The molecule has 4 rings (SSSR count). The summed E-state index contributed by atoms with van der Waals surface area (Å²) in [5.74, 6) is -0.381. The molecule has 0 N–H and O–H groups in total. The summed E-state index contributed by atoms with van der Waals surface area (Å²) < 4.78 is 53.7. The Bertz CT molecular complexity index is 1280. The van der Waals surface area contributed by atoms with Crippen molar-refractivity contribution in [1.29, 1.82) is 0 Å². The normalized spacial score (nSPS) is 16.4. The number of aromatic nitrogens is 4. The molecule has 1 unspecified atom stereocenters. The Morgan fingerprint density at radius 3 is 2.39 bits per heavy atom. The second-order valence-corrected chi connectivity index (χ2v) is 9.00. The first kappa shape index (κ1) is 25.5. The van der Waals surface area contributed by atoms with Crippen LogP contribution in [0.15, 0.2) is 30.5 Å². The molecule has 1 fully saturated rings. The van der Waals surface area contributed by atoms with Crippen LogP contribution in [0.2, 0.25) is 0 Å². The molecular weight excluding hydrogens is 476 g/mol. The average molecular weight is 503 g/mol. The fourth-order valence-corrected chi connectivity index (χ4v) is 4.34. The second kappa shape index (κ2) is 9.79. The van der Waals surface area contributed by atoms with Gasteiger partial charge in [-0.1, -0.05) is 12.1 Å². The van der Waals surface area contributed by atoms with Crippen molar-refractivity contribution in [3.63, 3.8) is 0 Å². The van der Waals surface area contributed by atoms with Gasteiger partial charge in [0.25, 0.3) is 0 Å². The molecule has 0 radical (unpaired) electrons. The first-order chi connectivity index (χ1) is 17.0. The van der Waals surface area contributed by atoms with Gasteiger partial charge in [-0.05, 0) is 56.5 Å². The van der Waals surface area contributed by atoms with E-state index in [-0.39, 0.29) is 17.8 Å². The molecule has 190 valence electrons. The van der Waals surface area contributed by atoms with Crippen molar-refractivity contribution in [2.24, 2.45) is 0 Å². The summed E-state index contributed by atoms with van der Waals surface area (Å²) in [6.07, 6.45) is -3.28. The molecule has 7 nitrogen and oxygen atoms in total. The topological polar surface area (TPSA) is 75.1 Å². The van der Waals surface area contributed by atoms with Crippen LogP contribution in [0.5, 0.6) is 0 Å². The number of piperazine rings is 1. The summed E-state index contributed by atoms with van der Waals surface area (Å²) >= 11 is 0. The van der Waals surface area contributed by atoms with E-state index in [9.17, 15) is 22.4 Å². The Kier molecular flexibility index (Phi) is 6.92. The highest BCUT2D eigenvalue weighted by molar-refractivity contribution is 5.95. The summed E-state index contributed by atoms with van der Waals surface area (Å²) in [6, 6.07) is 6.04. The van der Waals surface area contributed by atoms with Gasteiger partial charge in [0.15, 0.2) is 17.3 Å². The number of carbonyl (C=O) groups excluding carboxylic acids is 1. The van der Waals surface area contributed by atoms with E-state index in [0.717, 1.165) is 35.5 Å². The lowest BCUT2D eigenvalue weighted by atomic mass is 10.0. The fraction of sp³-hybridized carbons (Fsp3) is 0.400. The maximum atomic E-state index is 13.5. The Morgan fingerprint density at radius 1 is 1.08 bits per heavy atom. The molecular formula is C25H26F4N6O. The molecule has 3 heterocycles. The molecule has 1 saturated heterocycles. The zero-order chi connectivity index (χ0) is 26.2. The Balaban J connectivity index is 1.53. The van der Waals surface area contributed by atoms with Gasteiger partial charge < -0.3 is 9.80 Å². The highest BCUT2D eigenvalue weighted by Crippen LogP contribution is 2.32. The number of hydrogen-bond acceptors (Lipinski definition) is 7. The van der Waals surface area contributed by atoms with E-state index in [1.807, 2.05) is 25.7 Å². The van der Waals surface area contributed by atoms with E-state index in [1.165, 1.54) is 12.1 Å². The first-order valence-corrected chi connectivity index (χ1v) is 11.5. The first-order valence-electron chi connectivity index (χ1n) is 11.5. The summed E-state index contributed by atoms with van der Waals surface area (Å²) in [7, 11) is 0. The van der Waals surface area contributed by atoms with Crippen LogP contribution in [0.4, 0.5) is 29.3 Å². The van der Waals surface area contributed by atoms with Gasteiger partial charge in [0.05, 0.1) is 11.3 Å². The molecule has 0 saturated carbocycles. The molecule has 0 aliphatic carbocycles. The predicted molar refractivity (Wildman–Crippen MR) is 127 cm³/mol. The molecule has 36 heavy (non-hydrogen) atoms. The van der Waals surface area contributed by atoms with Gasteiger partial charge in [-0.15, -0.1) is 5.10 Å². The maximum absolute atomic E-state index is 13.5. The molecule has 0 spiro atoms. The fourth-order valence-electron chi connectivity index (χ4n) is 4.34. The van der Waals surface area contributed by atoms with E-state index in [4.69, 9.17) is 0 Å². The van der Waals surface area contributed by atoms with Crippen LogP contribution < -0.4 is 9.80 Å². The van der Waals surface area contributed by atoms with Crippen molar-refractivity contribution in [2.45, 2.75) is 46.3 Å². The van der Waals surface area contributed by atoms with Crippen LogP contribution in [0, 0.1) is 19.7 Å². The van der Waals surface area contributed by atoms with Crippen molar-refractivity contribution in [3.05, 3.63) is 69.9 Å². The number of halogens is 4. The number of anilines is 2. The monoisotopic (exact) mass is 502 g/mol. The van der Waals surface area contributed by atoms with Gasteiger partial charge in [-0.3, -0.25) is 4.79 Å². The molecule has 1 aliphatic rings. The number of carbonyl (C=O) groups is 1. The van der Waals surface area contributed by atoms with Crippen molar-refractivity contribution < 1.29 is 22.4 Å². The molecule has 2 aromatic heterocycles. The van der Waals surface area contributed by atoms with Crippen molar-refractivity contribution in [3.8, 4) is 0 Å². The van der Waals surface area contributed by atoms with E-state index in [2.05, 4.69) is 20.2 Å². The van der Waals surface area contributed by atoms with E-state index in [0.29, 0.717) is 31.9 Å². The van der Waals surface area contributed by atoms with Crippen LogP contribution in [-0.2, 0) is 12.6 Å². The quantitative estimate of drug-likeness (QED) is 0.374. The summed E-state index contributed by atoms with van der Waals surface area (Å²) in [5.41, 5.74) is 1.91. The van der Waals surface area contributed by atoms with Crippen LogP contribution in [0.1, 0.15) is 52.3 Å². The van der Waals surface area contributed by atoms with E-state index >= 15 is 0 Å². The number of benzene rings is 1. The molecule has 3 aromatic rings. The van der Waals surface area contributed by atoms with Crippen LogP contribution in [0.3, 0.4) is 0 Å². The van der Waals surface area contributed by atoms with Gasteiger partial charge in [-0.2, -0.15) is 18.3 Å². The SMILES string of the molecule is CC(=O)c1cnc(N2CCN(c3nnc(Cc4ccc(F)cc4)c(C)c3C)CC2C)nc1C(F)(F)F. The third kappa shape index (κ3) is 5.14. The molecule has 1 aromatic carbocycles. The van der Waals surface area contributed by atoms with Crippen LogP contribution in [-0.4, -0.2) is 51.6 Å². The van der Waals surface area contributed by atoms with Gasteiger partial charge >= 0.3 is 6.18 Å². The van der Waals surface area contributed by atoms with Crippen molar-refractivity contribution in [1.82, 2.24) is 20.2 Å². The maximum Gasteiger partial charge on any atom is 0.434 e. The zero-order valence-corrected chi connectivity index (χ0v) is 20.4. The minimum atomic E-state index is -4.76. The summed E-state index contributed by atoms with van der Waals surface area (Å²) in [4.78, 5) is 23.2. The highest BCUT2D eigenvalue weighted by Gasteiger charge is 2.38. The van der Waals surface area contributed by atoms with E-state index in [1.54, 1.807) is 17.0 Å². The lowest BCUT2D eigenvalue weighted by Crippen LogP contribution is -2.53. The molecule has 1 aliphatic heterocycles. The number of alkyl halides is 3. The Labute approximate surface area is 206 Å². The standard InChI is InChI=1S/C25H26F4N6O/c1-14-13-34(9-10-35(14)24-30-12-20(17(4)36)22(31-24)25(27,28)29)23-16(3)15(2)21(32-33-23)11-18-5-7-19(26)8-6-18/h5-8,12,14H,9-11,13H2,1-4H3. The average Bonchev–Trinajstić information content (AvgIpc) is 2.82. The largest absolute Gasteiger partial charge is 0.434 e. The van der Waals surface area contributed by atoms with Crippen LogP contribution in [0.25, 0.3) is 0 Å². The highest BCUT2D eigenvalue weighted by atomic mass is 19.4. The van der Waals surface area contributed by atoms with Crippen LogP contribution >= 0.6 is 0 Å². The second-order valence-electron chi connectivity index (χ2n) is 9.00. The van der Waals surface area contributed by atoms with Gasteiger partial charge in [0.1, 0.15) is 5.82 Å². The number of rotatable bonds is 5. The number of Topliss-reactive ketones (excluding diaryl/α,β-unsaturated/α-hetero) is 1. The van der Waals surface area contributed by atoms with Gasteiger partial charge in [-0.25, -0.2) is 14.4 Å². The molecule has 0 bridgehead atoms. The molecule has 1 atom stereocenters. The predicted octanol–water partition coefficient (Wildman–Crippen LogP) is 4.55. The molecule has 11 heteroatoms. The minimum absolute atomic E-state index is 0.0619. The number of hydrogen-bond donors (Lipinski definition) is 0. The zero-order valence-electron chi connectivity index (χ0n) is 20.4. The summed E-state index contributed by atoms with van der Waals surface area (Å²) in [5, 5.41) is 8.87. The minimum Gasteiger partial charge on any atom is -0.351 e. The number of nitrogens with zero attached hydrogens (tertiary/aromatic N) is 6.